The molecule has 21 heavy (non-hydrogen) atoms. The highest BCUT2D eigenvalue weighted by atomic mass is 16.3. The van der Waals surface area contributed by atoms with Gasteiger partial charge in [-0.1, -0.05) is 39.3 Å². The Morgan fingerprint density at radius 3 is 2.57 bits per heavy atom. The molecule has 2 atom stereocenters. The van der Waals surface area contributed by atoms with Gasteiger partial charge in [-0.25, -0.2) is 0 Å². The smallest absolute Gasteiger partial charge is 0.168 e. The summed E-state index contributed by atoms with van der Waals surface area (Å²) in [5.74, 6) is -0.0924. The second kappa shape index (κ2) is 4.36. The van der Waals surface area contributed by atoms with Crippen molar-refractivity contribution in [3.63, 3.8) is 0 Å². The molecule has 0 aliphatic heterocycles. The van der Waals surface area contributed by atoms with Gasteiger partial charge in [0.15, 0.2) is 17.8 Å². The summed E-state index contributed by atoms with van der Waals surface area (Å²) in [5.41, 5.74) is 1.75. The minimum Gasteiger partial charge on any atom is -0.504 e. The zero-order valence-electron chi connectivity index (χ0n) is 12.8. The minimum absolute atomic E-state index is 0.121. The van der Waals surface area contributed by atoms with Crippen LogP contribution in [0.15, 0.2) is 12.1 Å². The third-order valence-corrected chi connectivity index (χ3v) is 5.55. The van der Waals surface area contributed by atoms with Crippen LogP contribution >= 0.6 is 0 Å². The van der Waals surface area contributed by atoms with Gasteiger partial charge < -0.3 is 10.2 Å². The molecule has 0 radical (unpaired) electrons. The first kappa shape index (κ1) is 14.2. The molecule has 2 aliphatic carbocycles. The maximum atomic E-state index is 11.0. The molecule has 3 rings (SSSR count). The van der Waals surface area contributed by atoms with Crippen molar-refractivity contribution >= 4 is 12.4 Å². The van der Waals surface area contributed by atoms with Crippen LogP contribution in [0.3, 0.4) is 0 Å². The van der Waals surface area contributed by atoms with Crippen molar-refractivity contribution in [3.05, 3.63) is 28.8 Å². The van der Waals surface area contributed by atoms with Crippen LogP contribution in [0.4, 0.5) is 0 Å². The van der Waals surface area contributed by atoms with Gasteiger partial charge in [-0.15, -0.1) is 0 Å². The highest BCUT2D eigenvalue weighted by molar-refractivity contribution is 5.85. The Morgan fingerprint density at radius 1 is 1.19 bits per heavy atom. The van der Waals surface area contributed by atoms with E-state index >= 15 is 0 Å². The van der Waals surface area contributed by atoms with Gasteiger partial charge in [-0.2, -0.15) is 0 Å². The van der Waals surface area contributed by atoms with Crippen molar-refractivity contribution in [2.45, 2.75) is 45.4 Å². The third-order valence-electron chi connectivity index (χ3n) is 5.55. The SMILES string of the molecule is CC1(C)CCCC2(C)c3c(cc(C=O)c(O)c3O)C=CC12. The number of phenolic OH excluding ortho intramolecular Hbond substituents is 2. The topological polar surface area (TPSA) is 57.5 Å². The third kappa shape index (κ3) is 1.83. The average molecular weight is 286 g/mol. The molecular weight excluding hydrogens is 264 g/mol. The first-order valence-electron chi connectivity index (χ1n) is 7.54. The molecule has 1 aromatic carbocycles. The Morgan fingerprint density at radius 2 is 1.90 bits per heavy atom. The van der Waals surface area contributed by atoms with Crippen LogP contribution in [-0.4, -0.2) is 16.5 Å². The van der Waals surface area contributed by atoms with Crippen molar-refractivity contribution < 1.29 is 15.0 Å². The Kier molecular flexibility index (Phi) is 2.94. The predicted octanol–water partition coefficient (Wildman–Crippen LogP) is 4.02. The maximum absolute atomic E-state index is 11.0. The second-order valence-electron chi connectivity index (χ2n) is 7.34. The molecule has 0 bridgehead atoms. The van der Waals surface area contributed by atoms with E-state index in [1.54, 1.807) is 6.07 Å². The highest BCUT2D eigenvalue weighted by Gasteiger charge is 2.49. The second-order valence-corrected chi connectivity index (χ2v) is 7.34. The number of aldehydes is 1. The number of allylic oxidation sites excluding steroid dienone is 1. The van der Waals surface area contributed by atoms with E-state index in [9.17, 15) is 15.0 Å². The highest BCUT2D eigenvalue weighted by Crippen LogP contribution is 2.58. The minimum atomic E-state index is -0.289. The molecule has 1 aromatic rings. The average Bonchev–Trinajstić information content (AvgIpc) is 2.41. The lowest BCUT2D eigenvalue weighted by atomic mass is 9.52. The van der Waals surface area contributed by atoms with E-state index in [-0.39, 0.29) is 27.9 Å². The van der Waals surface area contributed by atoms with Crippen molar-refractivity contribution in [1.29, 1.82) is 0 Å². The molecule has 0 heterocycles. The summed E-state index contributed by atoms with van der Waals surface area (Å²) >= 11 is 0. The number of rotatable bonds is 1. The summed E-state index contributed by atoms with van der Waals surface area (Å²) in [6.45, 7) is 6.70. The Bertz CT molecular complexity index is 642. The number of carbonyl (C=O) groups excluding carboxylic acids is 1. The largest absolute Gasteiger partial charge is 0.504 e. The summed E-state index contributed by atoms with van der Waals surface area (Å²) in [4.78, 5) is 11.0. The van der Waals surface area contributed by atoms with Gasteiger partial charge in [0.2, 0.25) is 0 Å². The van der Waals surface area contributed by atoms with E-state index in [0.29, 0.717) is 12.2 Å². The first-order chi connectivity index (χ1) is 9.81. The fourth-order valence-electron chi connectivity index (χ4n) is 4.56. The molecule has 1 fully saturated rings. The molecule has 2 N–H and O–H groups in total. The lowest BCUT2D eigenvalue weighted by Gasteiger charge is -2.52. The molecule has 3 nitrogen and oxygen atoms in total. The molecule has 2 aliphatic rings. The fraction of sp³-hybridized carbons (Fsp3) is 0.500. The van der Waals surface area contributed by atoms with Crippen LogP contribution < -0.4 is 0 Å². The van der Waals surface area contributed by atoms with Gasteiger partial charge in [-0.05, 0) is 35.8 Å². The van der Waals surface area contributed by atoms with E-state index in [2.05, 4.69) is 26.8 Å². The Hall–Kier alpha value is -1.77. The van der Waals surface area contributed by atoms with Gasteiger partial charge in [0.05, 0.1) is 5.56 Å². The normalized spacial score (nSPS) is 29.6. The summed E-state index contributed by atoms with van der Waals surface area (Å²) in [6, 6.07) is 1.68. The van der Waals surface area contributed by atoms with E-state index in [4.69, 9.17) is 0 Å². The van der Waals surface area contributed by atoms with Gasteiger partial charge in [0, 0.05) is 11.0 Å². The van der Waals surface area contributed by atoms with Crippen LogP contribution in [0.25, 0.3) is 6.08 Å². The number of hydrogen-bond acceptors (Lipinski definition) is 3. The van der Waals surface area contributed by atoms with Gasteiger partial charge in [-0.3, -0.25) is 4.79 Å². The number of phenols is 2. The molecule has 0 spiro atoms. The van der Waals surface area contributed by atoms with Crippen LogP contribution in [0.5, 0.6) is 11.5 Å². The molecule has 2 unspecified atom stereocenters. The quantitative estimate of drug-likeness (QED) is 0.605. The molecule has 0 saturated heterocycles. The van der Waals surface area contributed by atoms with Crippen molar-refractivity contribution in [2.75, 3.05) is 0 Å². The summed E-state index contributed by atoms with van der Waals surface area (Å²) < 4.78 is 0. The monoisotopic (exact) mass is 286 g/mol. The van der Waals surface area contributed by atoms with Gasteiger partial charge in [0.25, 0.3) is 0 Å². The number of fused-ring (bicyclic) bond motifs is 3. The lowest BCUT2D eigenvalue weighted by Crippen LogP contribution is -2.45. The first-order valence-corrected chi connectivity index (χ1v) is 7.54. The van der Waals surface area contributed by atoms with E-state index in [1.165, 1.54) is 0 Å². The molecule has 0 aromatic heterocycles. The van der Waals surface area contributed by atoms with E-state index in [0.717, 1.165) is 30.4 Å². The van der Waals surface area contributed by atoms with Gasteiger partial charge in [0.1, 0.15) is 0 Å². The fourth-order valence-corrected chi connectivity index (χ4v) is 4.56. The molecule has 112 valence electrons. The summed E-state index contributed by atoms with van der Waals surface area (Å²) in [6.07, 6.45) is 8.02. The summed E-state index contributed by atoms with van der Waals surface area (Å²) in [7, 11) is 0. The van der Waals surface area contributed by atoms with Crippen LogP contribution in [-0.2, 0) is 5.41 Å². The van der Waals surface area contributed by atoms with Crippen LogP contribution in [0.1, 0.15) is 61.5 Å². The predicted molar refractivity (Wildman–Crippen MR) is 82.7 cm³/mol. The number of aromatic hydroxyl groups is 2. The standard InChI is InChI=1S/C18H22O3/c1-17(2)7-4-8-18(3)13(17)6-5-11-9-12(10-19)15(20)16(21)14(11)18/h5-6,9-10,13,20-21H,4,7-8H2,1-3H3. The Labute approximate surface area is 125 Å². The van der Waals surface area contributed by atoms with Crippen LogP contribution in [0.2, 0.25) is 0 Å². The molecular formula is C18H22O3. The lowest BCUT2D eigenvalue weighted by molar-refractivity contribution is 0.0888. The molecule has 3 heteroatoms. The van der Waals surface area contributed by atoms with Crippen molar-refractivity contribution in [3.8, 4) is 11.5 Å². The number of benzene rings is 1. The maximum Gasteiger partial charge on any atom is 0.168 e. The van der Waals surface area contributed by atoms with Crippen molar-refractivity contribution in [1.82, 2.24) is 0 Å². The van der Waals surface area contributed by atoms with Gasteiger partial charge >= 0.3 is 0 Å². The van der Waals surface area contributed by atoms with E-state index in [1.807, 2.05) is 6.08 Å². The van der Waals surface area contributed by atoms with Crippen LogP contribution in [0, 0.1) is 11.3 Å². The summed E-state index contributed by atoms with van der Waals surface area (Å²) in [5, 5.41) is 20.6. The number of hydrogen-bond donors (Lipinski definition) is 2. The zero-order chi connectivity index (χ0) is 15.4. The molecule has 1 saturated carbocycles. The van der Waals surface area contributed by atoms with E-state index < -0.39 is 0 Å². The molecule has 0 amide bonds. The number of carbonyl (C=O) groups is 1. The Balaban J connectivity index is 2.27. The van der Waals surface area contributed by atoms with Crippen molar-refractivity contribution in [2.24, 2.45) is 11.3 Å². The zero-order valence-corrected chi connectivity index (χ0v) is 12.8.